The van der Waals surface area contributed by atoms with Gasteiger partial charge in [0.15, 0.2) is 0 Å². The fraction of sp³-hybridized carbons (Fsp3) is 1.00. The van der Waals surface area contributed by atoms with E-state index >= 15 is 0 Å². The molecular weight excluding hydrogens is 234 g/mol. The molecule has 0 aliphatic rings. The van der Waals surface area contributed by atoms with Crippen LogP contribution in [-0.2, 0) is 52.4 Å². The van der Waals surface area contributed by atoms with Gasteiger partial charge in [0.05, 0.1) is 0 Å². The molecule has 34 valence electrons. The zero-order valence-corrected chi connectivity index (χ0v) is 8.78. The summed E-state index contributed by atoms with van der Waals surface area (Å²) in [6, 6.07) is 0. The quantitative estimate of drug-likeness (QED) is 0.705. The molecule has 0 saturated heterocycles. The van der Waals surface area contributed by atoms with Crippen molar-refractivity contribution < 1.29 is 57.5 Å². The third-order valence-electron chi connectivity index (χ3n) is 0.224. The summed E-state index contributed by atoms with van der Waals surface area (Å²) in [5.74, 6) is 0. The zero-order valence-electron chi connectivity index (χ0n) is 3.86. The first-order valence-electron chi connectivity index (χ1n) is 1.52. The van der Waals surface area contributed by atoms with Crippen molar-refractivity contribution in [3.63, 3.8) is 0 Å². The predicted octanol–water partition coefficient (Wildman–Crippen LogP) is 0.384. The van der Waals surface area contributed by atoms with Crippen LogP contribution in [0, 0.1) is 0 Å². The number of hydrogen-bond acceptors (Lipinski definition) is 1. The van der Waals surface area contributed by atoms with E-state index in [1.54, 1.807) is 0 Å². The Morgan fingerprint density at radius 2 is 1.50 bits per heavy atom. The maximum Gasteiger partial charge on any atom is 0.0428 e. The van der Waals surface area contributed by atoms with Crippen molar-refractivity contribution >= 4 is 0 Å². The van der Waals surface area contributed by atoms with Gasteiger partial charge in [-0.1, -0.05) is 6.92 Å². The molecule has 1 N–H and O–H groups in total. The van der Waals surface area contributed by atoms with E-state index in [0.717, 1.165) is 6.42 Å². The minimum Gasteiger partial charge on any atom is -0.396 e. The van der Waals surface area contributed by atoms with Gasteiger partial charge in [-0.05, 0) is 6.42 Å². The van der Waals surface area contributed by atoms with Crippen LogP contribution in [0.3, 0.4) is 0 Å². The summed E-state index contributed by atoms with van der Waals surface area (Å²) in [5, 5.41) is 7.88. The normalized spacial score (nSPS) is 5.00. The Labute approximate surface area is 76.8 Å². The Hall–Kier alpha value is 1.73. The minimum absolute atomic E-state index is 0. The second-order valence-electron chi connectivity index (χ2n) is 0.724. The number of rotatable bonds is 1. The maximum atomic E-state index is 7.88. The van der Waals surface area contributed by atoms with Crippen molar-refractivity contribution in [2.45, 2.75) is 13.3 Å². The molecule has 0 saturated carbocycles. The van der Waals surface area contributed by atoms with Crippen molar-refractivity contribution in [2.75, 3.05) is 6.61 Å². The predicted molar refractivity (Wildman–Crippen MR) is 17.4 cm³/mol. The molecule has 0 unspecified atom stereocenters. The van der Waals surface area contributed by atoms with Gasteiger partial charge in [-0.25, -0.2) is 0 Å². The fourth-order valence-electron chi connectivity index (χ4n) is 0. The van der Waals surface area contributed by atoms with Crippen molar-refractivity contribution in [2.24, 2.45) is 0 Å². The molecule has 0 bridgehead atoms. The summed E-state index contributed by atoms with van der Waals surface area (Å²) < 4.78 is 0. The third-order valence-corrected chi connectivity index (χ3v) is 0.224. The van der Waals surface area contributed by atoms with E-state index in [0.29, 0.717) is 6.61 Å². The van der Waals surface area contributed by atoms with Gasteiger partial charge < -0.3 is 5.11 Å². The number of aliphatic hydroxyl groups excluding tert-OH is 1. The zero-order chi connectivity index (χ0) is 3.41. The Morgan fingerprint density at radius 3 is 1.50 bits per heavy atom. The molecule has 0 heterocycles. The van der Waals surface area contributed by atoms with Gasteiger partial charge in [0.2, 0.25) is 0 Å². The van der Waals surface area contributed by atoms with Crippen molar-refractivity contribution in [3.05, 3.63) is 0 Å². The number of aliphatic hydroxyl groups is 1. The second kappa shape index (κ2) is 15.9. The van der Waals surface area contributed by atoms with Crippen LogP contribution < -0.4 is 0 Å². The second-order valence-corrected chi connectivity index (χ2v) is 0.724. The summed E-state index contributed by atoms with van der Waals surface area (Å²) in [4.78, 5) is 0. The third kappa shape index (κ3) is 17.2. The van der Waals surface area contributed by atoms with Crippen molar-refractivity contribution in [1.82, 2.24) is 0 Å². The van der Waals surface area contributed by atoms with E-state index in [1.165, 1.54) is 0 Å². The largest absolute Gasteiger partial charge is 0.396 e. The average molecular weight is 243 g/mol. The van der Waals surface area contributed by atoms with Gasteiger partial charge >= 0.3 is 0 Å². The Bertz CT molecular complexity index is 10.8. The molecule has 0 aromatic heterocycles. The van der Waals surface area contributed by atoms with Crippen LogP contribution in [-0.4, -0.2) is 11.7 Å². The van der Waals surface area contributed by atoms with E-state index < -0.39 is 0 Å². The molecule has 3 heteroatoms. The van der Waals surface area contributed by atoms with Gasteiger partial charge in [-0.3, -0.25) is 0 Å². The van der Waals surface area contributed by atoms with E-state index in [9.17, 15) is 0 Å². The minimum atomic E-state index is 0. The molecular formula is C3H8OZr2. The van der Waals surface area contributed by atoms with Gasteiger partial charge in [-0.2, -0.15) is 0 Å². The van der Waals surface area contributed by atoms with E-state index in [2.05, 4.69) is 0 Å². The van der Waals surface area contributed by atoms with E-state index in [4.69, 9.17) is 5.11 Å². The summed E-state index contributed by atoms with van der Waals surface area (Å²) in [6.07, 6.45) is 0.875. The van der Waals surface area contributed by atoms with Gasteiger partial charge in [0.25, 0.3) is 0 Å². The molecule has 0 aliphatic carbocycles. The van der Waals surface area contributed by atoms with Crippen molar-refractivity contribution in [3.8, 4) is 0 Å². The summed E-state index contributed by atoms with van der Waals surface area (Å²) in [7, 11) is 0. The molecule has 0 radical (unpaired) electrons. The molecule has 1 nitrogen and oxygen atoms in total. The molecule has 0 aliphatic heterocycles. The van der Waals surface area contributed by atoms with Crippen LogP contribution in [0.2, 0.25) is 0 Å². The Morgan fingerprint density at radius 1 is 1.33 bits per heavy atom. The van der Waals surface area contributed by atoms with Crippen LogP contribution in [0.15, 0.2) is 0 Å². The van der Waals surface area contributed by atoms with Crippen LogP contribution in [0.4, 0.5) is 0 Å². The SMILES string of the molecule is CCCO.[Zr].[Zr]. The summed E-state index contributed by atoms with van der Waals surface area (Å²) in [6.45, 7) is 2.25. The van der Waals surface area contributed by atoms with E-state index in [1.807, 2.05) is 6.92 Å². The molecule has 0 atom stereocenters. The van der Waals surface area contributed by atoms with Crippen LogP contribution in [0.5, 0.6) is 0 Å². The van der Waals surface area contributed by atoms with Gasteiger partial charge in [0, 0.05) is 59.0 Å². The van der Waals surface area contributed by atoms with Crippen LogP contribution in [0.25, 0.3) is 0 Å². The first-order chi connectivity index (χ1) is 1.91. The first kappa shape index (κ1) is 15.6. The van der Waals surface area contributed by atoms with Gasteiger partial charge in [0.1, 0.15) is 0 Å². The first-order valence-corrected chi connectivity index (χ1v) is 1.52. The molecule has 0 rings (SSSR count). The molecule has 0 aromatic carbocycles. The Balaban J connectivity index is -0.0000000450. The maximum absolute atomic E-state index is 7.88. The van der Waals surface area contributed by atoms with E-state index in [-0.39, 0.29) is 52.4 Å². The number of hydrogen-bond donors (Lipinski definition) is 1. The Kier molecular flexibility index (Phi) is 41.4. The smallest absolute Gasteiger partial charge is 0.0428 e. The summed E-state index contributed by atoms with van der Waals surface area (Å²) in [5.41, 5.74) is 0. The van der Waals surface area contributed by atoms with Crippen LogP contribution in [0.1, 0.15) is 13.3 Å². The molecule has 0 aromatic rings. The molecule has 0 fully saturated rings. The topological polar surface area (TPSA) is 20.2 Å². The molecule has 6 heavy (non-hydrogen) atoms. The summed E-state index contributed by atoms with van der Waals surface area (Å²) >= 11 is 0. The van der Waals surface area contributed by atoms with Gasteiger partial charge in [-0.15, -0.1) is 0 Å². The molecule has 0 amide bonds. The van der Waals surface area contributed by atoms with Crippen LogP contribution >= 0.6 is 0 Å². The average Bonchev–Trinajstić information content (AvgIpc) is 1.37. The molecule has 0 spiro atoms. The monoisotopic (exact) mass is 240 g/mol. The standard InChI is InChI=1S/C3H8O.2Zr/c1-2-3-4;;/h4H,2-3H2,1H3;;. The fourth-order valence-corrected chi connectivity index (χ4v) is 0. The van der Waals surface area contributed by atoms with Crippen molar-refractivity contribution in [1.29, 1.82) is 0 Å².